The van der Waals surface area contributed by atoms with Crippen LogP contribution in [0.2, 0.25) is 0 Å². The molecule has 0 heterocycles. The first-order valence-electron chi connectivity index (χ1n) is 4.95. The standard InChI is InChI=1S/C12H17BrFN/c1-7-5-10(14)11(13)9(8(7)2)6-12(3,4)15/h5H,6,15H2,1-4H3. The smallest absolute Gasteiger partial charge is 0.137 e. The van der Waals surface area contributed by atoms with Gasteiger partial charge in [0.05, 0.1) is 4.47 Å². The molecule has 0 spiro atoms. The molecule has 3 heteroatoms. The van der Waals surface area contributed by atoms with Crippen molar-refractivity contribution in [1.82, 2.24) is 0 Å². The predicted octanol–water partition coefficient (Wildman–Crippen LogP) is 3.48. The van der Waals surface area contributed by atoms with Crippen LogP contribution in [0.1, 0.15) is 30.5 Å². The lowest BCUT2D eigenvalue weighted by molar-refractivity contribution is 0.510. The van der Waals surface area contributed by atoms with Crippen molar-refractivity contribution >= 4 is 15.9 Å². The molecule has 1 rings (SSSR count). The van der Waals surface area contributed by atoms with E-state index in [1.165, 1.54) is 0 Å². The Labute approximate surface area is 99.0 Å². The van der Waals surface area contributed by atoms with Crippen molar-refractivity contribution in [3.63, 3.8) is 0 Å². The van der Waals surface area contributed by atoms with Crippen molar-refractivity contribution in [1.29, 1.82) is 0 Å². The van der Waals surface area contributed by atoms with Crippen LogP contribution in [0.4, 0.5) is 4.39 Å². The van der Waals surface area contributed by atoms with Gasteiger partial charge < -0.3 is 5.73 Å². The minimum absolute atomic E-state index is 0.211. The monoisotopic (exact) mass is 273 g/mol. The largest absolute Gasteiger partial charge is 0.325 e. The Kier molecular flexibility index (Phi) is 3.56. The van der Waals surface area contributed by atoms with Gasteiger partial charge in [0.1, 0.15) is 5.82 Å². The van der Waals surface area contributed by atoms with Crippen molar-refractivity contribution in [3.05, 3.63) is 33.0 Å². The summed E-state index contributed by atoms with van der Waals surface area (Å²) in [6, 6.07) is 1.55. The Morgan fingerprint density at radius 2 is 1.93 bits per heavy atom. The van der Waals surface area contributed by atoms with Crippen LogP contribution in [-0.4, -0.2) is 5.54 Å². The molecule has 84 valence electrons. The van der Waals surface area contributed by atoms with Gasteiger partial charge in [0.2, 0.25) is 0 Å². The molecule has 0 aliphatic rings. The van der Waals surface area contributed by atoms with Gasteiger partial charge >= 0.3 is 0 Å². The lowest BCUT2D eigenvalue weighted by Gasteiger charge is -2.22. The Morgan fingerprint density at radius 3 is 2.40 bits per heavy atom. The van der Waals surface area contributed by atoms with Gasteiger partial charge in [-0.25, -0.2) is 4.39 Å². The molecule has 0 radical (unpaired) electrons. The fourth-order valence-electron chi connectivity index (χ4n) is 1.57. The number of rotatable bonds is 2. The number of hydrogen-bond acceptors (Lipinski definition) is 1. The van der Waals surface area contributed by atoms with Crippen LogP contribution in [0.3, 0.4) is 0 Å². The predicted molar refractivity (Wildman–Crippen MR) is 65.5 cm³/mol. The van der Waals surface area contributed by atoms with E-state index in [4.69, 9.17) is 5.73 Å². The van der Waals surface area contributed by atoms with E-state index in [0.717, 1.165) is 16.7 Å². The van der Waals surface area contributed by atoms with Gasteiger partial charge in [0.25, 0.3) is 0 Å². The molecule has 0 saturated carbocycles. The molecule has 0 aliphatic heterocycles. The molecule has 0 aromatic heterocycles. The summed E-state index contributed by atoms with van der Waals surface area (Å²) in [6.07, 6.45) is 0.665. The minimum Gasteiger partial charge on any atom is -0.325 e. The second-order valence-corrected chi connectivity index (χ2v) is 5.55. The van der Waals surface area contributed by atoms with Crippen LogP contribution in [-0.2, 0) is 6.42 Å². The van der Waals surface area contributed by atoms with Gasteiger partial charge in [-0.2, -0.15) is 0 Å². The summed E-state index contributed by atoms with van der Waals surface area (Å²) >= 11 is 3.29. The quantitative estimate of drug-likeness (QED) is 0.877. The fraction of sp³-hybridized carbons (Fsp3) is 0.500. The lowest BCUT2D eigenvalue weighted by atomic mass is 9.91. The first-order valence-corrected chi connectivity index (χ1v) is 5.74. The van der Waals surface area contributed by atoms with Crippen LogP contribution < -0.4 is 5.73 Å². The van der Waals surface area contributed by atoms with E-state index in [9.17, 15) is 4.39 Å². The lowest BCUT2D eigenvalue weighted by Crippen LogP contribution is -2.35. The van der Waals surface area contributed by atoms with Crippen LogP contribution in [0.5, 0.6) is 0 Å². The summed E-state index contributed by atoms with van der Waals surface area (Å²) in [5, 5.41) is 0. The SMILES string of the molecule is Cc1cc(F)c(Br)c(CC(C)(C)N)c1C. The van der Waals surface area contributed by atoms with Crippen LogP contribution in [0, 0.1) is 19.7 Å². The number of halogens is 2. The average molecular weight is 274 g/mol. The second-order valence-electron chi connectivity index (χ2n) is 4.76. The zero-order valence-electron chi connectivity index (χ0n) is 9.62. The van der Waals surface area contributed by atoms with Gasteiger partial charge in [-0.1, -0.05) is 0 Å². The molecule has 1 aromatic carbocycles. The van der Waals surface area contributed by atoms with Crippen LogP contribution in [0.25, 0.3) is 0 Å². The normalized spacial score (nSPS) is 11.9. The van der Waals surface area contributed by atoms with Crippen LogP contribution in [0.15, 0.2) is 10.5 Å². The Morgan fingerprint density at radius 1 is 1.40 bits per heavy atom. The third-order valence-corrected chi connectivity index (χ3v) is 3.35. The highest BCUT2D eigenvalue weighted by Gasteiger charge is 2.18. The van der Waals surface area contributed by atoms with Crippen LogP contribution >= 0.6 is 15.9 Å². The molecule has 0 aliphatic carbocycles. The highest BCUT2D eigenvalue weighted by atomic mass is 79.9. The molecule has 0 saturated heterocycles. The summed E-state index contributed by atoms with van der Waals surface area (Å²) < 4.78 is 14.1. The molecular weight excluding hydrogens is 257 g/mol. The van der Waals surface area contributed by atoms with Crippen molar-refractivity contribution < 1.29 is 4.39 Å². The maximum Gasteiger partial charge on any atom is 0.137 e. The third kappa shape index (κ3) is 3.02. The van der Waals surface area contributed by atoms with E-state index in [0.29, 0.717) is 10.9 Å². The van der Waals surface area contributed by atoms with E-state index in [1.54, 1.807) is 6.07 Å². The fourth-order valence-corrected chi connectivity index (χ4v) is 2.13. The van der Waals surface area contributed by atoms with E-state index in [1.807, 2.05) is 27.7 Å². The third-order valence-electron chi connectivity index (χ3n) is 2.49. The summed E-state index contributed by atoms with van der Waals surface area (Å²) in [6.45, 7) is 7.80. The molecule has 1 aromatic rings. The Balaban J connectivity index is 3.27. The Hall–Kier alpha value is -0.410. The molecule has 1 nitrogen and oxygen atoms in total. The second kappa shape index (κ2) is 4.22. The molecule has 0 amide bonds. The zero-order valence-corrected chi connectivity index (χ0v) is 11.2. The summed E-state index contributed by atoms with van der Waals surface area (Å²) in [4.78, 5) is 0. The van der Waals surface area contributed by atoms with Crippen molar-refractivity contribution in [2.45, 2.75) is 39.7 Å². The van der Waals surface area contributed by atoms with E-state index in [2.05, 4.69) is 15.9 Å². The van der Waals surface area contributed by atoms with Crippen molar-refractivity contribution in [2.24, 2.45) is 5.73 Å². The van der Waals surface area contributed by atoms with Crippen molar-refractivity contribution in [2.75, 3.05) is 0 Å². The highest BCUT2D eigenvalue weighted by Crippen LogP contribution is 2.29. The summed E-state index contributed by atoms with van der Waals surface area (Å²) in [5.41, 5.74) is 8.69. The van der Waals surface area contributed by atoms with E-state index in [-0.39, 0.29) is 11.4 Å². The number of nitrogens with two attached hydrogens (primary N) is 1. The van der Waals surface area contributed by atoms with Crippen molar-refractivity contribution in [3.8, 4) is 0 Å². The number of aryl methyl sites for hydroxylation is 1. The molecule has 15 heavy (non-hydrogen) atoms. The molecule has 0 fully saturated rings. The van der Waals surface area contributed by atoms with Gasteiger partial charge in [-0.05, 0) is 72.8 Å². The first-order chi connectivity index (χ1) is 6.72. The van der Waals surface area contributed by atoms with E-state index < -0.39 is 0 Å². The molecule has 2 N–H and O–H groups in total. The zero-order chi connectivity index (χ0) is 11.8. The van der Waals surface area contributed by atoms with Gasteiger partial charge in [0.15, 0.2) is 0 Å². The topological polar surface area (TPSA) is 26.0 Å². The number of hydrogen-bond donors (Lipinski definition) is 1. The molecular formula is C12H17BrFN. The van der Waals surface area contributed by atoms with Gasteiger partial charge in [-0.15, -0.1) is 0 Å². The summed E-state index contributed by atoms with van der Waals surface area (Å²) in [5.74, 6) is -0.211. The van der Waals surface area contributed by atoms with Gasteiger partial charge in [-0.3, -0.25) is 0 Å². The first kappa shape index (κ1) is 12.7. The highest BCUT2D eigenvalue weighted by molar-refractivity contribution is 9.10. The molecule has 0 bridgehead atoms. The number of benzene rings is 1. The van der Waals surface area contributed by atoms with E-state index >= 15 is 0 Å². The maximum absolute atomic E-state index is 13.5. The molecule has 0 unspecified atom stereocenters. The summed E-state index contributed by atoms with van der Waals surface area (Å²) in [7, 11) is 0. The van der Waals surface area contributed by atoms with Gasteiger partial charge in [0, 0.05) is 5.54 Å². The minimum atomic E-state index is -0.326. The maximum atomic E-state index is 13.5. The molecule has 0 atom stereocenters. The average Bonchev–Trinajstić information content (AvgIpc) is 2.08. The Bertz CT molecular complexity index is 354.